The van der Waals surface area contributed by atoms with Crippen LogP contribution in [0, 0.1) is 0 Å². The van der Waals surface area contributed by atoms with Gasteiger partial charge in [-0.3, -0.25) is 14.5 Å². The molecule has 0 fully saturated rings. The van der Waals surface area contributed by atoms with Crippen LogP contribution >= 0.6 is 0 Å². The lowest BCUT2D eigenvalue weighted by Crippen LogP contribution is -2.46. The van der Waals surface area contributed by atoms with Gasteiger partial charge < -0.3 is 5.11 Å². The van der Waals surface area contributed by atoms with E-state index in [-0.39, 0.29) is 17.5 Å². The van der Waals surface area contributed by atoms with Gasteiger partial charge in [-0.1, -0.05) is 42.5 Å². The van der Waals surface area contributed by atoms with E-state index in [1.54, 1.807) is 36.4 Å². The van der Waals surface area contributed by atoms with Crippen LogP contribution in [0.2, 0.25) is 0 Å². The molecule has 0 radical (unpaired) electrons. The average Bonchev–Trinajstić information content (AvgIpc) is 2.78. The zero-order valence-electron chi connectivity index (χ0n) is 11.6. The summed E-state index contributed by atoms with van der Waals surface area (Å²) in [5, 5.41) is 9.46. The molecule has 2 amide bonds. The highest BCUT2D eigenvalue weighted by atomic mass is 16.4. The Labute approximate surface area is 126 Å². The monoisotopic (exact) mass is 295 g/mol. The number of fused-ring (bicyclic) bond motifs is 1. The third-order valence-corrected chi connectivity index (χ3v) is 3.69. The van der Waals surface area contributed by atoms with Gasteiger partial charge in [-0.2, -0.15) is 0 Å². The lowest BCUT2D eigenvalue weighted by molar-refractivity contribution is -0.141. The molecule has 1 N–H and O–H groups in total. The number of hydrogen-bond donors (Lipinski definition) is 1. The molecule has 1 aliphatic rings. The first-order valence-corrected chi connectivity index (χ1v) is 6.83. The molecular weight excluding hydrogens is 282 g/mol. The Hall–Kier alpha value is -2.95. The zero-order chi connectivity index (χ0) is 15.7. The number of aliphatic carboxylic acids is 1. The van der Waals surface area contributed by atoms with Gasteiger partial charge in [-0.25, -0.2) is 4.79 Å². The molecule has 0 aromatic heterocycles. The van der Waals surface area contributed by atoms with Crippen molar-refractivity contribution in [2.45, 2.75) is 12.5 Å². The molecule has 0 bridgehead atoms. The van der Waals surface area contributed by atoms with Crippen molar-refractivity contribution in [3.63, 3.8) is 0 Å². The van der Waals surface area contributed by atoms with E-state index in [2.05, 4.69) is 0 Å². The van der Waals surface area contributed by atoms with Crippen LogP contribution in [0.1, 0.15) is 26.3 Å². The molecule has 0 aliphatic carbocycles. The number of carbonyl (C=O) groups is 3. The Morgan fingerprint density at radius 2 is 1.41 bits per heavy atom. The van der Waals surface area contributed by atoms with Crippen molar-refractivity contribution in [2.75, 3.05) is 0 Å². The molecule has 0 spiro atoms. The number of rotatable bonds is 4. The van der Waals surface area contributed by atoms with Crippen molar-refractivity contribution < 1.29 is 19.5 Å². The largest absolute Gasteiger partial charge is 0.480 e. The predicted molar refractivity (Wildman–Crippen MR) is 78.5 cm³/mol. The predicted octanol–water partition coefficient (Wildman–Crippen LogP) is 1.98. The Balaban J connectivity index is 1.95. The molecule has 5 nitrogen and oxygen atoms in total. The minimum Gasteiger partial charge on any atom is -0.480 e. The van der Waals surface area contributed by atoms with Crippen molar-refractivity contribution in [3.05, 3.63) is 71.3 Å². The number of carboxylic acids is 1. The maximum Gasteiger partial charge on any atom is 0.327 e. The molecule has 3 rings (SSSR count). The smallest absolute Gasteiger partial charge is 0.327 e. The summed E-state index contributed by atoms with van der Waals surface area (Å²) in [5.74, 6) is -2.30. The van der Waals surface area contributed by atoms with E-state index < -0.39 is 23.8 Å². The number of nitrogens with zero attached hydrogens (tertiary/aromatic N) is 1. The Kier molecular flexibility index (Phi) is 3.47. The van der Waals surface area contributed by atoms with Gasteiger partial charge in [-0.15, -0.1) is 0 Å². The molecule has 2 aromatic rings. The number of imide groups is 1. The van der Waals surface area contributed by atoms with Crippen LogP contribution in [-0.2, 0) is 11.2 Å². The number of carbonyl (C=O) groups excluding carboxylic acids is 2. The maximum absolute atomic E-state index is 12.4. The van der Waals surface area contributed by atoms with E-state index in [9.17, 15) is 19.5 Å². The second kappa shape index (κ2) is 5.44. The van der Waals surface area contributed by atoms with Crippen LogP contribution in [0.4, 0.5) is 0 Å². The molecule has 1 aliphatic heterocycles. The Morgan fingerprint density at radius 3 is 1.91 bits per heavy atom. The Bertz CT molecular complexity index is 719. The third-order valence-electron chi connectivity index (χ3n) is 3.69. The average molecular weight is 295 g/mol. The van der Waals surface area contributed by atoms with E-state index in [0.717, 1.165) is 10.5 Å². The number of carboxylic acid groups (broad SMARTS) is 1. The van der Waals surface area contributed by atoms with Gasteiger partial charge in [0, 0.05) is 6.42 Å². The first-order chi connectivity index (χ1) is 10.6. The molecule has 0 saturated carbocycles. The molecule has 110 valence electrons. The molecule has 0 unspecified atom stereocenters. The number of amides is 2. The standard InChI is InChI=1S/C17H13NO4/c19-15-12-8-4-5-9-13(12)16(20)18(15)14(17(21)22)10-11-6-2-1-3-7-11/h1-9,14H,10H2,(H,21,22)/t14-/m0/s1. The molecule has 1 heterocycles. The summed E-state index contributed by atoms with van der Waals surface area (Å²) in [7, 11) is 0. The fraction of sp³-hybridized carbons (Fsp3) is 0.118. The van der Waals surface area contributed by atoms with Gasteiger partial charge in [0.2, 0.25) is 0 Å². The number of hydrogen-bond acceptors (Lipinski definition) is 3. The van der Waals surface area contributed by atoms with Crippen molar-refractivity contribution in [3.8, 4) is 0 Å². The second-order valence-electron chi connectivity index (χ2n) is 5.07. The van der Waals surface area contributed by atoms with E-state index in [1.807, 2.05) is 6.07 Å². The highest BCUT2D eigenvalue weighted by Crippen LogP contribution is 2.25. The van der Waals surface area contributed by atoms with Crippen molar-refractivity contribution >= 4 is 17.8 Å². The lowest BCUT2D eigenvalue weighted by Gasteiger charge is -2.22. The van der Waals surface area contributed by atoms with Crippen LogP contribution in [-0.4, -0.2) is 33.8 Å². The topological polar surface area (TPSA) is 74.7 Å². The zero-order valence-corrected chi connectivity index (χ0v) is 11.6. The molecule has 5 heteroatoms. The fourth-order valence-corrected chi connectivity index (χ4v) is 2.62. The van der Waals surface area contributed by atoms with Gasteiger partial charge in [-0.05, 0) is 17.7 Å². The summed E-state index contributed by atoms with van der Waals surface area (Å²) in [5.41, 5.74) is 1.27. The van der Waals surface area contributed by atoms with E-state index in [0.29, 0.717) is 0 Å². The van der Waals surface area contributed by atoms with Crippen molar-refractivity contribution in [1.82, 2.24) is 4.90 Å². The van der Waals surface area contributed by atoms with Gasteiger partial charge >= 0.3 is 5.97 Å². The van der Waals surface area contributed by atoms with Gasteiger partial charge in [0.05, 0.1) is 11.1 Å². The minimum absolute atomic E-state index is 0.0850. The highest BCUT2D eigenvalue weighted by Gasteiger charge is 2.42. The van der Waals surface area contributed by atoms with Crippen LogP contribution in [0.15, 0.2) is 54.6 Å². The van der Waals surface area contributed by atoms with Crippen LogP contribution in [0.25, 0.3) is 0 Å². The summed E-state index contributed by atoms with van der Waals surface area (Å²) < 4.78 is 0. The summed E-state index contributed by atoms with van der Waals surface area (Å²) in [6.07, 6.45) is 0.0850. The van der Waals surface area contributed by atoms with Crippen molar-refractivity contribution in [1.29, 1.82) is 0 Å². The van der Waals surface area contributed by atoms with Gasteiger partial charge in [0.1, 0.15) is 6.04 Å². The van der Waals surface area contributed by atoms with Crippen molar-refractivity contribution in [2.24, 2.45) is 0 Å². The molecule has 22 heavy (non-hydrogen) atoms. The summed E-state index contributed by atoms with van der Waals surface area (Å²) in [4.78, 5) is 37.2. The summed E-state index contributed by atoms with van der Waals surface area (Å²) in [6.45, 7) is 0. The van der Waals surface area contributed by atoms with Crippen LogP contribution in [0.3, 0.4) is 0 Å². The SMILES string of the molecule is O=C(O)[C@H](Cc1ccccc1)N1C(=O)c2ccccc2C1=O. The van der Waals surface area contributed by atoms with E-state index in [4.69, 9.17) is 0 Å². The third kappa shape index (κ3) is 2.26. The molecular formula is C17H13NO4. The van der Waals surface area contributed by atoms with Gasteiger partial charge in [0.25, 0.3) is 11.8 Å². The van der Waals surface area contributed by atoms with Gasteiger partial charge in [0.15, 0.2) is 0 Å². The minimum atomic E-state index is -1.21. The second-order valence-corrected chi connectivity index (χ2v) is 5.07. The normalized spacial score (nSPS) is 14.8. The molecule has 1 atom stereocenters. The quantitative estimate of drug-likeness (QED) is 0.875. The van der Waals surface area contributed by atoms with Crippen LogP contribution in [0.5, 0.6) is 0 Å². The highest BCUT2D eigenvalue weighted by molar-refractivity contribution is 6.22. The summed E-state index contributed by atoms with van der Waals surface area (Å²) in [6, 6.07) is 14.1. The number of benzene rings is 2. The van der Waals surface area contributed by atoms with Crippen LogP contribution < -0.4 is 0 Å². The Morgan fingerprint density at radius 1 is 0.909 bits per heavy atom. The fourth-order valence-electron chi connectivity index (χ4n) is 2.62. The lowest BCUT2D eigenvalue weighted by atomic mass is 10.0. The first-order valence-electron chi connectivity index (χ1n) is 6.83. The molecule has 0 saturated heterocycles. The molecule has 2 aromatic carbocycles. The first kappa shape index (κ1) is 14.0. The maximum atomic E-state index is 12.4. The van der Waals surface area contributed by atoms with E-state index in [1.165, 1.54) is 12.1 Å². The summed E-state index contributed by atoms with van der Waals surface area (Å²) >= 11 is 0. The van der Waals surface area contributed by atoms with E-state index >= 15 is 0 Å².